The van der Waals surface area contributed by atoms with E-state index in [-0.39, 0.29) is 30.6 Å². The third-order valence-corrected chi connectivity index (χ3v) is 7.41. The van der Waals surface area contributed by atoms with Crippen LogP contribution in [0, 0.1) is 11.2 Å². The fourth-order valence-electron chi connectivity index (χ4n) is 5.12. The molecule has 38 heavy (non-hydrogen) atoms. The highest BCUT2D eigenvalue weighted by Gasteiger charge is 2.41. The molecule has 0 radical (unpaired) electrons. The first-order valence-electron chi connectivity index (χ1n) is 12.8. The molecule has 2 aliphatic rings. The van der Waals surface area contributed by atoms with Gasteiger partial charge in [-0.05, 0) is 61.4 Å². The first-order chi connectivity index (χ1) is 18.4. The quantitative estimate of drug-likeness (QED) is 0.407. The molecular formula is C29H30ClFN2O5. The van der Waals surface area contributed by atoms with Crippen LogP contribution in [0.5, 0.6) is 5.75 Å². The van der Waals surface area contributed by atoms with Gasteiger partial charge in [-0.15, -0.1) is 0 Å². The average Bonchev–Trinajstić information content (AvgIpc) is 3.43. The lowest BCUT2D eigenvalue weighted by Crippen LogP contribution is -2.52. The zero-order chi connectivity index (χ0) is 26.5. The smallest absolute Gasteiger partial charge is 0.289 e. The number of amides is 2. The number of rotatable bonds is 7. The molecule has 1 unspecified atom stereocenters. The first-order valence-corrected chi connectivity index (χ1v) is 13.2. The van der Waals surface area contributed by atoms with Gasteiger partial charge >= 0.3 is 0 Å². The van der Waals surface area contributed by atoms with Crippen molar-refractivity contribution in [1.82, 2.24) is 9.80 Å². The van der Waals surface area contributed by atoms with Crippen LogP contribution in [0.1, 0.15) is 29.8 Å². The van der Waals surface area contributed by atoms with E-state index in [0.29, 0.717) is 67.9 Å². The summed E-state index contributed by atoms with van der Waals surface area (Å²) in [6.07, 6.45) is 1.70. The number of carbonyl (C=O) groups excluding carboxylic acids is 2. The monoisotopic (exact) mass is 540 g/mol. The van der Waals surface area contributed by atoms with E-state index < -0.39 is 11.2 Å². The zero-order valence-corrected chi connectivity index (χ0v) is 21.8. The minimum atomic E-state index is -0.579. The molecule has 0 bridgehead atoms. The number of furan rings is 1. The fourth-order valence-corrected chi connectivity index (χ4v) is 5.25. The van der Waals surface area contributed by atoms with Crippen LogP contribution in [0.2, 0.25) is 5.02 Å². The van der Waals surface area contributed by atoms with Crippen LogP contribution in [-0.2, 0) is 9.53 Å². The van der Waals surface area contributed by atoms with Crippen molar-refractivity contribution >= 4 is 23.4 Å². The highest BCUT2D eigenvalue weighted by molar-refractivity contribution is 6.30. The van der Waals surface area contributed by atoms with Crippen molar-refractivity contribution in [2.45, 2.75) is 19.3 Å². The maximum absolute atomic E-state index is 14.2. The molecular weight excluding hydrogens is 511 g/mol. The van der Waals surface area contributed by atoms with E-state index in [9.17, 15) is 14.0 Å². The third-order valence-electron chi connectivity index (χ3n) is 7.15. The molecule has 2 aliphatic heterocycles. The Morgan fingerprint density at radius 3 is 2.50 bits per heavy atom. The van der Waals surface area contributed by atoms with Crippen molar-refractivity contribution in [1.29, 1.82) is 0 Å². The predicted molar refractivity (Wildman–Crippen MR) is 141 cm³/mol. The molecule has 200 valence electrons. The summed E-state index contributed by atoms with van der Waals surface area (Å²) in [4.78, 5) is 30.3. The summed E-state index contributed by atoms with van der Waals surface area (Å²) < 4.78 is 31.6. The summed E-state index contributed by atoms with van der Waals surface area (Å²) in [5.74, 6) is 0.403. The average molecular weight is 541 g/mol. The lowest BCUT2D eigenvalue weighted by Gasteiger charge is -2.43. The largest absolute Gasteiger partial charge is 0.493 e. The van der Waals surface area contributed by atoms with Crippen molar-refractivity contribution in [2.24, 2.45) is 5.41 Å². The Labute approximate surface area is 226 Å². The van der Waals surface area contributed by atoms with E-state index in [4.69, 9.17) is 25.5 Å². The van der Waals surface area contributed by atoms with Crippen molar-refractivity contribution in [3.8, 4) is 17.1 Å². The molecule has 3 aromatic rings. The van der Waals surface area contributed by atoms with Crippen LogP contribution < -0.4 is 4.74 Å². The van der Waals surface area contributed by atoms with Gasteiger partial charge in [0.2, 0.25) is 5.91 Å². The Balaban J connectivity index is 1.34. The molecule has 0 saturated carbocycles. The van der Waals surface area contributed by atoms with Crippen LogP contribution in [0.4, 0.5) is 4.39 Å². The molecule has 2 saturated heterocycles. The molecule has 2 fully saturated rings. The summed E-state index contributed by atoms with van der Waals surface area (Å²) in [5.41, 5.74) is -0.281. The Hall–Kier alpha value is -3.36. The topological polar surface area (TPSA) is 72.2 Å². The van der Waals surface area contributed by atoms with Crippen molar-refractivity contribution in [3.05, 3.63) is 77.3 Å². The normalized spacial score (nSPS) is 19.8. The van der Waals surface area contributed by atoms with E-state index in [1.807, 2.05) is 4.90 Å². The fraction of sp³-hybridized carbons (Fsp3) is 0.379. The number of ether oxygens (including phenoxy) is 2. The van der Waals surface area contributed by atoms with Gasteiger partial charge in [0.1, 0.15) is 17.3 Å². The number of halogens is 2. The van der Waals surface area contributed by atoms with E-state index in [1.165, 1.54) is 6.07 Å². The van der Waals surface area contributed by atoms with Crippen LogP contribution >= 0.6 is 11.6 Å². The van der Waals surface area contributed by atoms with Crippen LogP contribution in [-0.4, -0.2) is 67.6 Å². The summed E-state index contributed by atoms with van der Waals surface area (Å²) in [7, 11) is 0. The van der Waals surface area contributed by atoms with Gasteiger partial charge in [0.05, 0.1) is 25.4 Å². The molecule has 1 atom stereocenters. The number of nitrogens with zero attached hydrogens (tertiary/aromatic N) is 2. The number of benzene rings is 2. The standard InChI is InChI=1S/C29H30ClFN2O5/c30-21-6-8-22(9-7-21)37-20-29(18-27(34)32-14-16-36-17-15-32)12-3-13-33(19-29)28(35)26-11-10-25(38-26)23-4-1-2-5-24(23)31/h1-2,4-11H,3,12-20H2. The molecule has 0 N–H and O–H groups in total. The third kappa shape index (κ3) is 6.03. The summed E-state index contributed by atoms with van der Waals surface area (Å²) in [5, 5.41) is 0.609. The predicted octanol–water partition coefficient (Wildman–Crippen LogP) is 5.29. The number of hydrogen-bond donors (Lipinski definition) is 0. The highest BCUT2D eigenvalue weighted by Crippen LogP contribution is 2.36. The van der Waals surface area contributed by atoms with Crippen molar-refractivity contribution in [3.63, 3.8) is 0 Å². The van der Waals surface area contributed by atoms with Crippen molar-refractivity contribution < 1.29 is 27.9 Å². The number of morpholine rings is 1. The lowest BCUT2D eigenvalue weighted by atomic mass is 9.77. The van der Waals surface area contributed by atoms with Crippen LogP contribution in [0.25, 0.3) is 11.3 Å². The molecule has 1 aromatic heterocycles. The van der Waals surface area contributed by atoms with E-state index in [2.05, 4.69) is 0 Å². The van der Waals surface area contributed by atoms with E-state index in [0.717, 1.165) is 6.42 Å². The van der Waals surface area contributed by atoms with Gasteiger partial charge in [0.25, 0.3) is 5.91 Å². The molecule has 9 heteroatoms. The molecule has 2 amide bonds. The Bertz CT molecular complexity index is 1270. The maximum Gasteiger partial charge on any atom is 0.289 e. The second-order valence-corrected chi connectivity index (χ2v) is 10.3. The second-order valence-electron chi connectivity index (χ2n) is 9.89. The van der Waals surface area contributed by atoms with Gasteiger partial charge in [-0.25, -0.2) is 4.39 Å². The molecule has 0 aliphatic carbocycles. The van der Waals surface area contributed by atoms with Crippen LogP contribution in [0.15, 0.2) is 65.1 Å². The lowest BCUT2D eigenvalue weighted by molar-refractivity contribution is -0.139. The van der Waals surface area contributed by atoms with Gasteiger partial charge in [0, 0.05) is 43.0 Å². The summed E-state index contributed by atoms with van der Waals surface area (Å²) in [6, 6.07) is 16.5. The Kier molecular flexibility index (Phi) is 8.00. The number of hydrogen-bond acceptors (Lipinski definition) is 5. The highest BCUT2D eigenvalue weighted by atomic mass is 35.5. The van der Waals surface area contributed by atoms with Crippen molar-refractivity contribution in [2.75, 3.05) is 46.0 Å². The van der Waals surface area contributed by atoms with E-state index >= 15 is 0 Å². The maximum atomic E-state index is 14.2. The SMILES string of the molecule is O=C(CC1(COc2ccc(Cl)cc2)CCCN(C(=O)c2ccc(-c3ccccc3F)o2)C1)N1CCOCC1. The molecule has 2 aromatic carbocycles. The minimum Gasteiger partial charge on any atom is -0.493 e. The van der Waals surface area contributed by atoms with Gasteiger partial charge in [-0.1, -0.05) is 23.7 Å². The molecule has 7 nitrogen and oxygen atoms in total. The van der Waals surface area contributed by atoms with Gasteiger partial charge in [-0.3, -0.25) is 9.59 Å². The zero-order valence-electron chi connectivity index (χ0n) is 21.0. The second kappa shape index (κ2) is 11.6. The van der Waals surface area contributed by atoms with Gasteiger partial charge in [-0.2, -0.15) is 0 Å². The number of piperidine rings is 1. The molecule has 3 heterocycles. The molecule has 0 spiro atoms. The van der Waals surface area contributed by atoms with Gasteiger partial charge in [0.15, 0.2) is 5.76 Å². The van der Waals surface area contributed by atoms with Gasteiger partial charge < -0.3 is 23.7 Å². The van der Waals surface area contributed by atoms with E-state index in [1.54, 1.807) is 59.5 Å². The number of likely N-dealkylation sites (tertiary alicyclic amines) is 1. The number of carbonyl (C=O) groups is 2. The first kappa shape index (κ1) is 26.3. The Morgan fingerprint density at radius 2 is 1.74 bits per heavy atom. The molecule has 5 rings (SSSR count). The summed E-state index contributed by atoms with van der Waals surface area (Å²) in [6.45, 7) is 3.30. The minimum absolute atomic E-state index is 0.0298. The Morgan fingerprint density at radius 1 is 0.974 bits per heavy atom. The summed E-state index contributed by atoms with van der Waals surface area (Å²) >= 11 is 6.01. The van der Waals surface area contributed by atoms with Crippen LogP contribution in [0.3, 0.4) is 0 Å².